The van der Waals surface area contributed by atoms with E-state index in [9.17, 15) is 9.90 Å². The molecule has 206 valence electrons. The van der Waals surface area contributed by atoms with Gasteiger partial charge in [-0.05, 0) is 76.4 Å². The van der Waals surface area contributed by atoms with Crippen molar-refractivity contribution in [3.8, 4) is 17.1 Å². The zero-order valence-electron chi connectivity index (χ0n) is 23.4. The van der Waals surface area contributed by atoms with Gasteiger partial charge in [-0.2, -0.15) is 0 Å². The zero-order chi connectivity index (χ0) is 28.4. The van der Waals surface area contributed by atoms with Gasteiger partial charge in [0.05, 0.1) is 22.4 Å². The van der Waals surface area contributed by atoms with Gasteiger partial charge in [-0.15, -0.1) is 0 Å². The number of nitrogens with two attached hydrogens (primary N) is 1. The van der Waals surface area contributed by atoms with Crippen LogP contribution in [0.15, 0.2) is 30.0 Å². The Kier molecular flexibility index (Phi) is 8.57. The van der Waals surface area contributed by atoms with E-state index < -0.39 is 6.10 Å². The number of aryl methyl sites for hydroxylation is 2. The third-order valence-corrected chi connectivity index (χ3v) is 7.24. The third kappa shape index (κ3) is 6.07. The summed E-state index contributed by atoms with van der Waals surface area (Å²) in [6.45, 7) is 12.6. The molecule has 0 saturated heterocycles. The number of halogens is 1. The maximum absolute atomic E-state index is 12.7. The van der Waals surface area contributed by atoms with Crippen molar-refractivity contribution in [2.45, 2.75) is 73.6 Å². The van der Waals surface area contributed by atoms with Gasteiger partial charge in [0.1, 0.15) is 18.2 Å². The highest BCUT2D eigenvalue weighted by atomic mass is 35.5. The molecule has 3 heterocycles. The lowest BCUT2D eigenvalue weighted by atomic mass is 10.0. The summed E-state index contributed by atoms with van der Waals surface area (Å²) in [5, 5.41) is 10.6. The summed E-state index contributed by atoms with van der Waals surface area (Å²) in [6.07, 6.45) is 0.956. The number of ether oxygens (including phenoxy) is 1. The molecule has 0 bridgehead atoms. The van der Waals surface area contributed by atoms with Gasteiger partial charge in [0, 0.05) is 41.3 Å². The summed E-state index contributed by atoms with van der Waals surface area (Å²) in [5.74, 6) is 1.42. The fourth-order valence-electron chi connectivity index (χ4n) is 5.08. The third-order valence-electron chi connectivity index (χ3n) is 6.91. The van der Waals surface area contributed by atoms with E-state index in [4.69, 9.17) is 32.0 Å². The number of ketones is 1. The molecular weight excluding hydrogens is 514 g/mol. The number of carbonyl (C=O) groups excluding carboxylic acids is 1. The topological polar surface area (TPSA) is 114 Å². The monoisotopic (exact) mass is 549 g/mol. The standard InChI is InChI=1S/C30H36ClN5O3/c1-7-8-22(38)15-39-23-9-10-26(31)24(12-23)29-34-28(27(18(4)32)20(6)37)17(3)30(35-29)36-13-21-11-16(2)33-19(5)25(21)14-36/h9-12,22,38H,7-8,13-15,32H2,1-6H3/t22-/m1/s1. The lowest BCUT2D eigenvalue weighted by Crippen LogP contribution is -2.20. The van der Waals surface area contributed by atoms with Crippen LogP contribution in [-0.2, 0) is 17.9 Å². The first-order valence-corrected chi connectivity index (χ1v) is 13.6. The number of hydrogen-bond acceptors (Lipinski definition) is 8. The van der Waals surface area contributed by atoms with Crippen LogP contribution in [0, 0.1) is 20.8 Å². The van der Waals surface area contributed by atoms with Crippen LogP contribution >= 0.6 is 11.6 Å². The van der Waals surface area contributed by atoms with Crippen LogP contribution in [0.3, 0.4) is 0 Å². The number of anilines is 1. The van der Waals surface area contributed by atoms with Crippen molar-refractivity contribution in [2.24, 2.45) is 5.73 Å². The molecule has 0 spiro atoms. The van der Waals surface area contributed by atoms with Crippen molar-refractivity contribution in [1.82, 2.24) is 15.0 Å². The Balaban J connectivity index is 1.84. The largest absolute Gasteiger partial charge is 0.491 e. The number of allylic oxidation sites excluding steroid dienone is 2. The van der Waals surface area contributed by atoms with Crippen LogP contribution < -0.4 is 15.4 Å². The molecule has 3 aromatic rings. The van der Waals surface area contributed by atoms with Gasteiger partial charge in [0.15, 0.2) is 11.6 Å². The maximum Gasteiger partial charge on any atom is 0.163 e. The summed E-state index contributed by atoms with van der Waals surface area (Å²) < 4.78 is 5.85. The van der Waals surface area contributed by atoms with Gasteiger partial charge in [0.2, 0.25) is 0 Å². The molecule has 0 amide bonds. The number of benzene rings is 1. The van der Waals surface area contributed by atoms with Crippen LogP contribution in [0.1, 0.15) is 67.4 Å². The van der Waals surface area contributed by atoms with Gasteiger partial charge in [-0.25, -0.2) is 9.97 Å². The molecule has 8 nitrogen and oxygen atoms in total. The van der Waals surface area contributed by atoms with Crippen molar-refractivity contribution in [3.63, 3.8) is 0 Å². The van der Waals surface area contributed by atoms with E-state index in [2.05, 4.69) is 16.0 Å². The number of pyridine rings is 1. The van der Waals surface area contributed by atoms with Gasteiger partial charge >= 0.3 is 0 Å². The number of hydrogen-bond donors (Lipinski definition) is 2. The molecule has 0 radical (unpaired) electrons. The van der Waals surface area contributed by atoms with E-state index in [-0.39, 0.29) is 12.4 Å². The van der Waals surface area contributed by atoms with E-state index in [1.807, 2.05) is 27.7 Å². The average Bonchev–Trinajstić information content (AvgIpc) is 3.28. The molecule has 3 N–H and O–H groups in total. The van der Waals surface area contributed by atoms with Crippen LogP contribution in [0.25, 0.3) is 17.0 Å². The minimum atomic E-state index is -0.558. The van der Waals surface area contributed by atoms with E-state index in [0.29, 0.717) is 64.5 Å². The lowest BCUT2D eigenvalue weighted by molar-refractivity contribution is -0.111. The molecule has 0 unspecified atom stereocenters. The average molecular weight is 550 g/mol. The van der Waals surface area contributed by atoms with E-state index in [0.717, 1.165) is 23.4 Å². The summed E-state index contributed by atoms with van der Waals surface area (Å²) in [5.41, 5.74) is 13.1. The summed E-state index contributed by atoms with van der Waals surface area (Å²) >= 11 is 6.65. The Morgan fingerprint density at radius 2 is 1.90 bits per heavy atom. The number of carbonyl (C=O) groups is 1. The fourth-order valence-corrected chi connectivity index (χ4v) is 5.28. The van der Waals surface area contributed by atoms with E-state index in [1.165, 1.54) is 18.1 Å². The maximum atomic E-state index is 12.7. The minimum absolute atomic E-state index is 0.169. The van der Waals surface area contributed by atoms with Crippen LogP contribution in [-0.4, -0.2) is 38.6 Å². The van der Waals surface area contributed by atoms with Gasteiger partial charge < -0.3 is 20.5 Å². The second kappa shape index (κ2) is 11.7. The molecule has 0 saturated carbocycles. The molecule has 1 aliphatic rings. The Hall–Kier alpha value is -3.49. The second-order valence-corrected chi connectivity index (χ2v) is 10.6. The van der Waals surface area contributed by atoms with Gasteiger partial charge in [0.25, 0.3) is 0 Å². The minimum Gasteiger partial charge on any atom is -0.491 e. The summed E-state index contributed by atoms with van der Waals surface area (Å²) in [7, 11) is 0. The summed E-state index contributed by atoms with van der Waals surface area (Å²) in [4.78, 5) is 29.3. The number of aliphatic hydroxyl groups is 1. The first-order chi connectivity index (χ1) is 18.5. The number of aromatic nitrogens is 3. The zero-order valence-corrected chi connectivity index (χ0v) is 24.2. The predicted molar refractivity (Wildman–Crippen MR) is 155 cm³/mol. The highest BCUT2D eigenvalue weighted by Gasteiger charge is 2.28. The normalized spacial score (nSPS) is 14.2. The lowest BCUT2D eigenvalue weighted by Gasteiger charge is -2.22. The number of Topliss-reactive ketones (excluding diaryl/α,β-unsaturated/α-hetero) is 1. The second-order valence-electron chi connectivity index (χ2n) is 10.2. The van der Waals surface area contributed by atoms with Crippen LogP contribution in [0.5, 0.6) is 5.75 Å². The Morgan fingerprint density at radius 1 is 1.15 bits per heavy atom. The van der Waals surface area contributed by atoms with Gasteiger partial charge in [-0.3, -0.25) is 9.78 Å². The Morgan fingerprint density at radius 3 is 2.56 bits per heavy atom. The van der Waals surface area contributed by atoms with Crippen molar-refractivity contribution in [3.05, 3.63) is 68.8 Å². The quantitative estimate of drug-likeness (QED) is 0.338. The first kappa shape index (κ1) is 28.5. The van der Waals surface area contributed by atoms with Crippen molar-refractivity contribution < 1.29 is 14.6 Å². The molecular formula is C30H36ClN5O3. The molecule has 1 aromatic carbocycles. The first-order valence-electron chi connectivity index (χ1n) is 13.2. The van der Waals surface area contributed by atoms with Crippen molar-refractivity contribution >= 4 is 28.8 Å². The smallest absolute Gasteiger partial charge is 0.163 e. The fraction of sp³-hybridized carbons (Fsp3) is 0.400. The molecule has 1 aliphatic heterocycles. The molecule has 1 atom stereocenters. The van der Waals surface area contributed by atoms with Crippen molar-refractivity contribution in [1.29, 1.82) is 0 Å². The number of rotatable bonds is 9. The molecule has 39 heavy (non-hydrogen) atoms. The van der Waals surface area contributed by atoms with Gasteiger partial charge in [-0.1, -0.05) is 24.9 Å². The number of fused-ring (bicyclic) bond motifs is 1. The number of nitrogens with zero attached hydrogens (tertiary/aromatic N) is 4. The SMILES string of the molecule is CCC[C@@H](O)COc1ccc(Cl)c(-c2nc(C(C(C)=O)=C(C)N)c(C)c(N3Cc4cc(C)nc(C)c4C3)n2)c1. The Bertz CT molecular complexity index is 1450. The highest BCUT2D eigenvalue weighted by Crippen LogP contribution is 2.37. The van der Waals surface area contributed by atoms with Crippen molar-refractivity contribution in [2.75, 3.05) is 11.5 Å². The molecule has 9 heteroatoms. The van der Waals surface area contributed by atoms with Crippen LogP contribution in [0.2, 0.25) is 5.02 Å². The molecule has 0 aliphatic carbocycles. The highest BCUT2D eigenvalue weighted by molar-refractivity contribution is 6.33. The predicted octanol–water partition coefficient (Wildman–Crippen LogP) is 5.46. The molecule has 0 fully saturated rings. The Labute approximate surface area is 234 Å². The van der Waals surface area contributed by atoms with Crippen LogP contribution in [0.4, 0.5) is 5.82 Å². The molecule has 4 rings (SSSR count). The summed E-state index contributed by atoms with van der Waals surface area (Å²) in [6, 6.07) is 7.35. The molecule has 2 aromatic heterocycles. The number of aliphatic hydroxyl groups excluding tert-OH is 1. The van der Waals surface area contributed by atoms with E-state index in [1.54, 1.807) is 25.1 Å². The van der Waals surface area contributed by atoms with E-state index >= 15 is 0 Å².